The summed E-state index contributed by atoms with van der Waals surface area (Å²) in [4.78, 5) is 15.1. The Morgan fingerprint density at radius 2 is 0.341 bits per heavy atom. The predicted octanol–water partition coefficient (Wildman–Crippen LogP) is 20.7. The molecule has 0 aromatic heterocycles. The highest BCUT2D eigenvalue weighted by atomic mass is 15.2. The second kappa shape index (κ2) is 21.5. The van der Waals surface area contributed by atoms with Crippen molar-refractivity contribution in [2.75, 3.05) is 29.4 Å². The van der Waals surface area contributed by atoms with Crippen molar-refractivity contribution in [3.8, 4) is 0 Å². The molecule has 426 valence electrons. The molecule has 6 nitrogen and oxygen atoms in total. The maximum Gasteiger partial charge on any atom is 0.257 e. The lowest BCUT2D eigenvalue weighted by Crippen LogP contribution is -2.65. The van der Waals surface area contributed by atoms with Crippen molar-refractivity contribution >= 4 is 125 Å². The molecule has 0 bridgehead atoms. The van der Waals surface area contributed by atoms with Gasteiger partial charge >= 0.3 is 0 Å². The second-order valence-electron chi connectivity index (χ2n) is 24.7. The topological polar surface area (TPSA) is 19.4 Å². The first-order valence-electron chi connectivity index (χ1n) is 30.7. The van der Waals surface area contributed by atoms with Crippen LogP contribution in [-0.2, 0) is 0 Å². The van der Waals surface area contributed by atoms with Crippen molar-refractivity contribution in [2.45, 2.75) is 62.3 Å². The first-order valence-corrected chi connectivity index (χ1v) is 30.7. The fourth-order valence-corrected chi connectivity index (χ4v) is 13.5. The van der Waals surface area contributed by atoms with E-state index in [2.05, 4.69) is 347 Å². The molecule has 0 N–H and O–H groups in total. The molecule has 0 aliphatic carbocycles. The second-order valence-corrected chi connectivity index (χ2v) is 24.7. The molecule has 12 aromatic carbocycles. The van der Waals surface area contributed by atoms with Gasteiger partial charge in [0.2, 0.25) is 0 Å². The van der Waals surface area contributed by atoms with Crippen molar-refractivity contribution in [3.63, 3.8) is 0 Å². The first kappa shape index (κ1) is 54.2. The van der Waals surface area contributed by atoms with Crippen molar-refractivity contribution < 1.29 is 0 Å². The Morgan fingerprint density at radius 1 is 0.193 bits per heavy atom. The number of rotatable bonds is 12. The third kappa shape index (κ3) is 9.37. The van der Waals surface area contributed by atoms with Crippen LogP contribution in [0.25, 0.3) is 0 Å². The molecular weight excluding hydrogens is 1070 g/mol. The lowest BCUT2D eigenvalue weighted by atomic mass is 9.31. The molecule has 0 saturated carbocycles. The van der Waals surface area contributed by atoms with Crippen LogP contribution in [-0.4, -0.2) is 6.71 Å². The van der Waals surface area contributed by atoms with Crippen LogP contribution in [0.4, 0.5) is 102 Å². The van der Waals surface area contributed by atoms with Gasteiger partial charge in [0, 0.05) is 85.3 Å². The molecule has 88 heavy (non-hydrogen) atoms. The minimum absolute atomic E-state index is 0.200. The van der Waals surface area contributed by atoms with Gasteiger partial charge < -0.3 is 29.4 Å². The number of benzene rings is 12. The molecule has 15 rings (SSSR count). The summed E-state index contributed by atoms with van der Waals surface area (Å²) in [6.45, 7) is 19.4. The van der Waals surface area contributed by atoms with E-state index < -0.39 is 0 Å². The van der Waals surface area contributed by atoms with E-state index in [0.717, 1.165) is 102 Å². The van der Waals surface area contributed by atoms with E-state index in [4.69, 9.17) is 0 Å². The van der Waals surface area contributed by atoms with Gasteiger partial charge in [0.25, 0.3) is 6.71 Å². The van der Waals surface area contributed by atoms with Gasteiger partial charge in [0.15, 0.2) is 0 Å². The summed E-state index contributed by atoms with van der Waals surface area (Å²) in [7, 11) is 0. The Morgan fingerprint density at radius 3 is 0.500 bits per heavy atom. The van der Waals surface area contributed by atoms with Gasteiger partial charge in [-0.25, -0.2) is 0 Å². The van der Waals surface area contributed by atoms with Crippen LogP contribution in [0.15, 0.2) is 255 Å². The maximum absolute atomic E-state index is 2.59. The lowest BCUT2D eigenvalue weighted by molar-refractivity contribution is 1.18. The summed E-state index contributed by atoms with van der Waals surface area (Å²) < 4.78 is 0. The Kier molecular flexibility index (Phi) is 13.2. The van der Waals surface area contributed by atoms with E-state index in [0.29, 0.717) is 0 Å². The van der Waals surface area contributed by atoms with Crippen LogP contribution in [0.2, 0.25) is 0 Å². The van der Waals surface area contributed by atoms with E-state index in [1.807, 2.05) is 0 Å². The van der Waals surface area contributed by atoms with E-state index in [1.54, 1.807) is 0 Å². The van der Waals surface area contributed by atoms with Crippen molar-refractivity contribution in [1.29, 1.82) is 0 Å². The minimum Gasteiger partial charge on any atom is -0.311 e. The number of aryl methyl sites for hydroxylation is 9. The SMILES string of the molecule is Cc1ccc(N(c2ccc(C)cc2)c2cc3c4c(c2)N(c2ccc(C)cc2)c2cc(N(c5ccc(C)cc5)c5ccc(C)cc5)cc5c2B4c2c(cc(N(c4ccc(C)cc4)c4ccc(C)cc4)cc2N5c2ccc(C)cc2)N3c2ccc(C)cc2)cc1. The fourth-order valence-electron chi connectivity index (χ4n) is 13.5. The number of anilines is 18. The van der Waals surface area contributed by atoms with Gasteiger partial charge in [-0.3, -0.25) is 0 Å². The predicted molar refractivity (Wildman–Crippen MR) is 375 cm³/mol. The molecular formula is C81H69BN6. The van der Waals surface area contributed by atoms with Gasteiger partial charge in [-0.05, 0) is 224 Å². The molecule has 7 heteroatoms. The number of hydrogen-bond acceptors (Lipinski definition) is 6. The van der Waals surface area contributed by atoms with Crippen molar-refractivity contribution in [3.05, 3.63) is 305 Å². The van der Waals surface area contributed by atoms with Crippen LogP contribution >= 0.6 is 0 Å². The quantitative estimate of drug-likeness (QED) is 0.113. The molecule has 0 radical (unpaired) electrons. The van der Waals surface area contributed by atoms with Crippen molar-refractivity contribution in [1.82, 2.24) is 0 Å². The highest BCUT2D eigenvalue weighted by molar-refractivity contribution is 7.02. The zero-order valence-electron chi connectivity index (χ0n) is 51.5. The smallest absolute Gasteiger partial charge is 0.257 e. The number of nitrogens with zero attached hydrogens (tertiary/aromatic N) is 6. The van der Waals surface area contributed by atoms with Gasteiger partial charge in [-0.1, -0.05) is 159 Å². The standard InChI is InChI=1S/C81H69BN6/c1-52-10-28-61(29-11-52)83(62-30-12-53(2)13-31-62)70-46-73-79-74(47-70)87(68-42-24-59(8)25-43-68)76-49-72(85(65-36-18-56(5)19-37-65)66-38-20-57(6)21-39-66)51-78-81(76)82(79)80-75(86(73)67-40-22-58(7)23-41-67)48-71(50-77(80)88(78)69-44-26-60(9)27-45-69)84(63-32-14-54(3)15-33-63)64-34-16-55(4)17-35-64/h10-51H,1-9H3. The third-order valence-corrected chi connectivity index (χ3v) is 18.1. The zero-order valence-corrected chi connectivity index (χ0v) is 51.5. The monoisotopic (exact) mass is 1140 g/mol. The molecule has 3 heterocycles. The zero-order chi connectivity index (χ0) is 60.1. The molecule has 3 aliphatic rings. The summed E-state index contributed by atoms with van der Waals surface area (Å²) in [6, 6.07) is 96.5. The molecule has 12 aromatic rings. The molecule has 0 fully saturated rings. The summed E-state index contributed by atoms with van der Waals surface area (Å²) in [5.74, 6) is 0. The van der Waals surface area contributed by atoms with E-state index in [9.17, 15) is 0 Å². The molecule has 0 amide bonds. The van der Waals surface area contributed by atoms with Crippen LogP contribution < -0.4 is 45.8 Å². The minimum atomic E-state index is -0.200. The Balaban J connectivity index is 1.13. The summed E-state index contributed by atoms with van der Waals surface area (Å²) in [6.07, 6.45) is 0. The summed E-state index contributed by atoms with van der Waals surface area (Å²) >= 11 is 0. The van der Waals surface area contributed by atoms with Crippen LogP contribution in [0, 0.1) is 62.3 Å². The molecule has 3 aliphatic heterocycles. The Hall–Kier alpha value is -10.5. The maximum atomic E-state index is 2.59. The number of hydrogen-bond donors (Lipinski definition) is 0. The molecule has 0 atom stereocenters. The van der Waals surface area contributed by atoms with Crippen LogP contribution in [0.1, 0.15) is 50.1 Å². The Bertz CT molecular complexity index is 3930. The van der Waals surface area contributed by atoms with Crippen LogP contribution in [0.5, 0.6) is 0 Å². The highest BCUT2D eigenvalue weighted by Crippen LogP contribution is 2.55. The first-order chi connectivity index (χ1) is 42.8. The average molecular weight is 1140 g/mol. The average Bonchev–Trinajstić information content (AvgIpc) is 0.679. The highest BCUT2D eigenvalue weighted by Gasteiger charge is 2.51. The van der Waals surface area contributed by atoms with Gasteiger partial charge in [-0.2, -0.15) is 0 Å². The molecule has 0 saturated heterocycles. The summed E-state index contributed by atoms with van der Waals surface area (Å²) in [5.41, 5.74) is 34.3. The van der Waals surface area contributed by atoms with E-state index >= 15 is 0 Å². The van der Waals surface area contributed by atoms with Gasteiger partial charge in [0.05, 0.1) is 17.1 Å². The molecule has 0 unspecified atom stereocenters. The van der Waals surface area contributed by atoms with E-state index in [1.165, 1.54) is 66.5 Å². The summed E-state index contributed by atoms with van der Waals surface area (Å²) in [5, 5.41) is 0. The normalized spacial score (nSPS) is 12.5. The van der Waals surface area contributed by atoms with Gasteiger partial charge in [-0.15, -0.1) is 0 Å². The lowest BCUT2D eigenvalue weighted by Gasteiger charge is -2.50. The largest absolute Gasteiger partial charge is 0.311 e. The third-order valence-electron chi connectivity index (χ3n) is 18.1. The van der Waals surface area contributed by atoms with Crippen LogP contribution in [0.3, 0.4) is 0 Å². The van der Waals surface area contributed by atoms with Gasteiger partial charge in [0.1, 0.15) is 0 Å². The van der Waals surface area contributed by atoms with Crippen molar-refractivity contribution in [2.24, 2.45) is 0 Å². The van der Waals surface area contributed by atoms with E-state index in [-0.39, 0.29) is 6.71 Å². The molecule has 0 spiro atoms. The fraction of sp³-hybridized carbons (Fsp3) is 0.111. The Labute approximate surface area is 519 Å².